The van der Waals surface area contributed by atoms with E-state index in [1.807, 2.05) is 24.3 Å². The van der Waals surface area contributed by atoms with E-state index < -0.39 is 10.0 Å². The van der Waals surface area contributed by atoms with Gasteiger partial charge in [-0.25, -0.2) is 8.42 Å². The Bertz CT molecular complexity index is 922. The molecule has 152 valence electrons. The van der Waals surface area contributed by atoms with Crippen molar-refractivity contribution < 1.29 is 17.9 Å². The number of hydrogen-bond acceptors (Lipinski definition) is 4. The molecule has 0 atom stereocenters. The van der Waals surface area contributed by atoms with E-state index >= 15 is 0 Å². The molecule has 0 aromatic heterocycles. The number of benzene rings is 2. The van der Waals surface area contributed by atoms with Crippen LogP contribution in [0.5, 0.6) is 5.75 Å². The zero-order chi connectivity index (χ0) is 20.9. The number of nitrogens with zero attached hydrogens (tertiary/aromatic N) is 1. The van der Waals surface area contributed by atoms with E-state index in [9.17, 15) is 13.2 Å². The molecule has 1 N–H and O–H groups in total. The largest absolute Gasteiger partial charge is 0.496 e. The van der Waals surface area contributed by atoms with Crippen LogP contribution in [0.3, 0.4) is 0 Å². The van der Waals surface area contributed by atoms with Crippen LogP contribution in [-0.2, 0) is 16.6 Å². The van der Waals surface area contributed by atoms with E-state index in [4.69, 9.17) is 4.74 Å². The van der Waals surface area contributed by atoms with Crippen LogP contribution < -0.4 is 10.1 Å². The van der Waals surface area contributed by atoms with Gasteiger partial charge in [0, 0.05) is 20.1 Å². The number of sulfonamides is 1. The van der Waals surface area contributed by atoms with Crippen LogP contribution in [0, 0.1) is 0 Å². The first kappa shape index (κ1) is 21.9. The normalized spacial score (nSPS) is 11.7. The molecule has 0 radical (unpaired) electrons. The van der Waals surface area contributed by atoms with Crippen molar-refractivity contribution in [1.82, 2.24) is 9.62 Å². The third kappa shape index (κ3) is 4.91. The van der Waals surface area contributed by atoms with Gasteiger partial charge >= 0.3 is 0 Å². The van der Waals surface area contributed by atoms with E-state index in [0.29, 0.717) is 18.2 Å². The highest BCUT2D eigenvalue weighted by molar-refractivity contribution is 7.89. The average Bonchev–Trinajstić information content (AvgIpc) is 2.67. The topological polar surface area (TPSA) is 75.7 Å². The number of carbonyl (C=O) groups excluding carboxylic acids is 1. The molecule has 7 heteroatoms. The molecule has 0 aliphatic heterocycles. The minimum Gasteiger partial charge on any atom is -0.496 e. The Labute approximate surface area is 167 Å². The second kappa shape index (κ2) is 9.21. The number of hydrogen-bond donors (Lipinski definition) is 1. The van der Waals surface area contributed by atoms with Crippen LogP contribution >= 0.6 is 0 Å². The Hall–Kier alpha value is -2.38. The first-order valence-electron chi connectivity index (χ1n) is 9.22. The maximum Gasteiger partial charge on any atom is 0.255 e. The first-order chi connectivity index (χ1) is 13.2. The van der Waals surface area contributed by atoms with E-state index in [1.54, 1.807) is 6.92 Å². The summed E-state index contributed by atoms with van der Waals surface area (Å²) in [4.78, 5) is 12.3. The van der Waals surface area contributed by atoms with Gasteiger partial charge in [0.25, 0.3) is 5.91 Å². The van der Waals surface area contributed by atoms with Gasteiger partial charge in [-0.2, -0.15) is 4.31 Å². The maximum atomic E-state index is 13.0. The van der Waals surface area contributed by atoms with Crippen molar-refractivity contribution in [2.75, 3.05) is 20.7 Å². The molecule has 0 heterocycles. The number of nitrogens with one attached hydrogen (secondary N) is 1. The van der Waals surface area contributed by atoms with E-state index in [-0.39, 0.29) is 22.9 Å². The lowest BCUT2D eigenvalue weighted by Crippen LogP contribution is -2.27. The first-order valence-corrected chi connectivity index (χ1v) is 10.7. The maximum absolute atomic E-state index is 13.0. The van der Waals surface area contributed by atoms with Gasteiger partial charge in [-0.1, -0.05) is 38.1 Å². The van der Waals surface area contributed by atoms with Gasteiger partial charge in [-0.3, -0.25) is 4.79 Å². The summed E-state index contributed by atoms with van der Waals surface area (Å²) in [6.07, 6.45) is 0. The summed E-state index contributed by atoms with van der Waals surface area (Å²) in [7, 11) is -0.789. The fourth-order valence-corrected chi connectivity index (χ4v) is 4.00. The Morgan fingerprint density at radius 2 is 1.79 bits per heavy atom. The van der Waals surface area contributed by atoms with Crippen molar-refractivity contribution in [1.29, 1.82) is 0 Å². The van der Waals surface area contributed by atoms with Crippen LogP contribution in [0.1, 0.15) is 48.2 Å². The highest BCUT2D eigenvalue weighted by Gasteiger charge is 2.24. The highest BCUT2D eigenvalue weighted by Crippen LogP contribution is 2.25. The minimum atomic E-state index is -3.76. The van der Waals surface area contributed by atoms with E-state index in [2.05, 4.69) is 19.2 Å². The standard InChI is InChI=1S/C21H28N2O4S/c1-6-22-21(24)19-13-18(11-12-20(19)27-5)28(25,26)23(4)14-16-7-9-17(10-8-16)15(2)3/h7-13,15H,6,14H2,1-5H3,(H,22,24). The molecule has 0 aliphatic rings. The molecule has 0 bridgehead atoms. The van der Waals surface area contributed by atoms with Gasteiger partial charge in [0.1, 0.15) is 5.75 Å². The lowest BCUT2D eigenvalue weighted by atomic mass is 10.0. The molecule has 0 saturated heterocycles. The summed E-state index contributed by atoms with van der Waals surface area (Å²) in [6.45, 7) is 6.70. The molecule has 0 unspecified atom stereocenters. The number of carbonyl (C=O) groups is 1. The van der Waals surface area contributed by atoms with Crippen molar-refractivity contribution in [3.8, 4) is 5.75 Å². The zero-order valence-corrected chi connectivity index (χ0v) is 17.8. The molecular weight excluding hydrogens is 376 g/mol. The monoisotopic (exact) mass is 404 g/mol. The van der Waals surface area contributed by atoms with Crippen molar-refractivity contribution in [3.63, 3.8) is 0 Å². The highest BCUT2D eigenvalue weighted by atomic mass is 32.2. The lowest BCUT2D eigenvalue weighted by molar-refractivity contribution is 0.0952. The third-order valence-electron chi connectivity index (χ3n) is 4.51. The lowest BCUT2D eigenvalue weighted by Gasteiger charge is -2.19. The molecule has 1 amide bonds. The molecule has 0 fully saturated rings. The second-order valence-corrected chi connectivity index (χ2v) is 8.92. The SMILES string of the molecule is CCNC(=O)c1cc(S(=O)(=O)N(C)Cc2ccc(C(C)C)cc2)ccc1OC. The summed E-state index contributed by atoms with van der Waals surface area (Å²) in [5.74, 6) is 0.377. The molecule has 0 saturated carbocycles. The van der Waals surface area contributed by atoms with Gasteiger partial charge in [-0.15, -0.1) is 0 Å². The number of methoxy groups -OCH3 is 1. The molecular formula is C21H28N2O4S. The number of rotatable bonds is 8. The molecule has 2 aromatic rings. The van der Waals surface area contributed by atoms with Gasteiger partial charge < -0.3 is 10.1 Å². The van der Waals surface area contributed by atoms with E-state index in [0.717, 1.165) is 5.56 Å². The van der Waals surface area contributed by atoms with Crippen LogP contribution in [-0.4, -0.2) is 39.3 Å². The summed E-state index contributed by atoms with van der Waals surface area (Å²) >= 11 is 0. The number of ether oxygens (including phenoxy) is 1. The Balaban J connectivity index is 2.29. The van der Waals surface area contributed by atoms with Gasteiger partial charge in [0.15, 0.2) is 0 Å². The van der Waals surface area contributed by atoms with Gasteiger partial charge in [0.2, 0.25) is 10.0 Å². The molecule has 0 spiro atoms. The fraction of sp³-hybridized carbons (Fsp3) is 0.381. The van der Waals surface area contributed by atoms with E-state index in [1.165, 1.54) is 42.2 Å². The number of amides is 1. The smallest absolute Gasteiger partial charge is 0.255 e. The predicted octanol–water partition coefficient (Wildman–Crippen LogP) is 3.39. The summed E-state index contributed by atoms with van der Waals surface area (Å²) in [5.41, 5.74) is 2.30. The molecule has 2 rings (SSSR count). The quantitative estimate of drug-likeness (QED) is 0.732. The minimum absolute atomic E-state index is 0.0517. The van der Waals surface area contributed by atoms with Crippen LogP contribution in [0.25, 0.3) is 0 Å². The Kier molecular flexibility index (Phi) is 7.21. The summed E-state index contributed by atoms with van der Waals surface area (Å²) in [6, 6.07) is 12.2. The molecule has 28 heavy (non-hydrogen) atoms. The Morgan fingerprint density at radius 1 is 1.14 bits per heavy atom. The second-order valence-electron chi connectivity index (χ2n) is 6.88. The zero-order valence-electron chi connectivity index (χ0n) is 17.0. The predicted molar refractivity (Wildman–Crippen MR) is 110 cm³/mol. The fourth-order valence-electron chi connectivity index (χ4n) is 2.81. The summed E-state index contributed by atoms with van der Waals surface area (Å²) in [5, 5.41) is 2.67. The molecule has 6 nitrogen and oxygen atoms in total. The van der Waals surface area contributed by atoms with Gasteiger partial charge in [0.05, 0.1) is 17.6 Å². The summed E-state index contributed by atoms with van der Waals surface area (Å²) < 4.78 is 32.5. The van der Waals surface area contributed by atoms with Crippen molar-refractivity contribution >= 4 is 15.9 Å². The molecule has 2 aromatic carbocycles. The van der Waals surface area contributed by atoms with Crippen molar-refractivity contribution in [3.05, 3.63) is 59.2 Å². The Morgan fingerprint density at radius 3 is 2.32 bits per heavy atom. The third-order valence-corrected chi connectivity index (χ3v) is 6.31. The van der Waals surface area contributed by atoms with Crippen molar-refractivity contribution in [2.24, 2.45) is 0 Å². The van der Waals surface area contributed by atoms with Crippen LogP contribution in [0.15, 0.2) is 47.4 Å². The average molecular weight is 405 g/mol. The van der Waals surface area contributed by atoms with Crippen LogP contribution in [0.4, 0.5) is 0 Å². The molecule has 0 aliphatic carbocycles. The van der Waals surface area contributed by atoms with Crippen LogP contribution in [0.2, 0.25) is 0 Å². The van der Waals surface area contributed by atoms with Crippen molar-refractivity contribution in [2.45, 2.75) is 38.1 Å². The van der Waals surface area contributed by atoms with Gasteiger partial charge in [-0.05, 0) is 42.2 Å².